The fraction of sp³-hybridized carbons (Fsp3) is 0.946. The van der Waals surface area contributed by atoms with Gasteiger partial charge < -0.3 is 33.8 Å². The zero-order valence-corrected chi connectivity index (χ0v) is 62.3. The van der Waals surface area contributed by atoms with Crippen molar-refractivity contribution in [2.24, 2.45) is 11.8 Å². The summed E-state index contributed by atoms with van der Waals surface area (Å²) < 4.78 is 68.4. The fourth-order valence-corrected chi connectivity index (χ4v) is 12.8. The van der Waals surface area contributed by atoms with Crippen LogP contribution >= 0.6 is 15.6 Å². The lowest BCUT2D eigenvalue weighted by molar-refractivity contribution is -0.161. The van der Waals surface area contributed by atoms with Crippen molar-refractivity contribution in [3.8, 4) is 0 Å². The van der Waals surface area contributed by atoms with E-state index in [1.165, 1.54) is 193 Å². The molecular formula is C74H144O17P2. The van der Waals surface area contributed by atoms with E-state index in [1.54, 1.807) is 0 Å². The monoisotopic (exact) mass is 1370 g/mol. The molecule has 0 aliphatic rings. The minimum Gasteiger partial charge on any atom is -0.462 e. The normalized spacial score (nSPS) is 14.3. The smallest absolute Gasteiger partial charge is 0.462 e. The number of hydrogen-bond acceptors (Lipinski definition) is 15. The first-order valence-corrected chi connectivity index (χ1v) is 41.5. The van der Waals surface area contributed by atoms with Crippen molar-refractivity contribution in [2.45, 2.75) is 400 Å². The molecule has 0 saturated carbocycles. The molecule has 17 nitrogen and oxygen atoms in total. The highest BCUT2D eigenvalue weighted by Gasteiger charge is 2.30. The highest BCUT2D eigenvalue weighted by Crippen LogP contribution is 2.45. The van der Waals surface area contributed by atoms with Gasteiger partial charge in [-0.05, 0) is 37.5 Å². The first kappa shape index (κ1) is 91.1. The number of unbranched alkanes of at least 4 members (excludes halogenated alkanes) is 42. The number of esters is 4. The van der Waals surface area contributed by atoms with E-state index < -0.39 is 97.5 Å². The quantitative estimate of drug-likeness (QED) is 0.0222. The molecular weight excluding hydrogens is 1220 g/mol. The standard InChI is InChI=1S/C74H144O17P2/c1-7-10-12-14-16-18-19-20-24-27-33-39-45-51-57-72(77)85-63-70(91-73(78)58-52-46-40-34-28-25-22-21-23-26-32-37-43-49-55-67(6)9-3)65-89-93(82,83)87-61-68(75)60-86-92(80,81)88-64-69(62-84-71(76)56-50-44-38-17-15-13-11-8-2)90-74(79)59-53-47-41-35-30-29-31-36-42-48-54-66(4)5/h66-70,75H,7-65H2,1-6H3,(H,80,81)(H,82,83)/t67?,68-,69+,70+/m0/s1. The van der Waals surface area contributed by atoms with E-state index in [-0.39, 0.29) is 25.7 Å². The van der Waals surface area contributed by atoms with Crippen molar-refractivity contribution in [3.63, 3.8) is 0 Å². The first-order chi connectivity index (χ1) is 44.9. The maximum atomic E-state index is 13.1. The summed E-state index contributed by atoms with van der Waals surface area (Å²) >= 11 is 0. The Labute approximate surface area is 568 Å². The Morgan fingerprint density at radius 1 is 0.312 bits per heavy atom. The van der Waals surface area contributed by atoms with Crippen LogP contribution in [0.2, 0.25) is 0 Å². The van der Waals surface area contributed by atoms with Gasteiger partial charge in [-0.1, -0.05) is 330 Å². The predicted molar refractivity (Wildman–Crippen MR) is 377 cm³/mol. The molecule has 0 bridgehead atoms. The third-order valence-corrected chi connectivity index (χ3v) is 19.5. The van der Waals surface area contributed by atoms with Gasteiger partial charge in [-0.3, -0.25) is 37.3 Å². The molecule has 0 radical (unpaired) electrons. The molecule has 0 saturated heterocycles. The molecule has 0 aromatic carbocycles. The molecule has 552 valence electrons. The lowest BCUT2D eigenvalue weighted by Crippen LogP contribution is -2.30. The number of hydrogen-bond donors (Lipinski definition) is 3. The first-order valence-electron chi connectivity index (χ1n) is 38.5. The summed E-state index contributed by atoms with van der Waals surface area (Å²) in [5, 5.41) is 10.6. The molecule has 0 spiro atoms. The van der Waals surface area contributed by atoms with E-state index >= 15 is 0 Å². The molecule has 3 unspecified atom stereocenters. The van der Waals surface area contributed by atoms with Gasteiger partial charge in [0, 0.05) is 25.7 Å². The zero-order valence-electron chi connectivity index (χ0n) is 60.6. The Morgan fingerprint density at radius 2 is 0.548 bits per heavy atom. The summed E-state index contributed by atoms with van der Waals surface area (Å²) in [6, 6.07) is 0. The number of carbonyl (C=O) groups excluding carboxylic acids is 4. The molecule has 3 N–H and O–H groups in total. The Hall–Kier alpha value is -1.94. The topological polar surface area (TPSA) is 237 Å². The van der Waals surface area contributed by atoms with Crippen LogP contribution in [-0.4, -0.2) is 96.7 Å². The van der Waals surface area contributed by atoms with E-state index in [4.69, 9.17) is 37.0 Å². The predicted octanol–water partition coefficient (Wildman–Crippen LogP) is 21.6. The minimum atomic E-state index is -4.95. The summed E-state index contributed by atoms with van der Waals surface area (Å²) in [4.78, 5) is 72.6. The Kier molecular flexibility index (Phi) is 64.6. The summed E-state index contributed by atoms with van der Waals surface area (Å²) in [5.41, 5.74) is 0. The number of phosphoric ester groups is 2. The minimum absolute atomic E-state index is 0.106. The van der Waals surface area contributed by atoms with Crippen LogP contribution < -0.4 is 0 Å². The van der Waals surface area contributed by atoms with Crippen molar-refractivity contribution in [2.75, 3.05) is 39.6 Å². The van der Waals surface area contributed by atoms with Crippen LogP contribution in [0.3, 0.4) is 0 Å². The second kappa shape index (κ2) is 66.0. The van der Waals surface area contributed by atoms with E-state index in [0.29, 0.717) is 25.7 Å². The second-order valence-corrected chi connectivity index (χ2v) is 30.3. The van der Waals surface area contributed by atoms with Crippen molar-refractivity contribution in [1.29, 1.82) is 0 Å². The van der Waals surface area contributed by atoms with Gasteiger partial charge in [0.1, 0.15) is 19.3 Å². The summed E-state index contributed by atoms with van der Waals surface area (Å²) in [5.74, 6) is -0.521. The molecule has 19 heteroatoms. The van der Waals surface area contributed by atoms with Crippen LogP contribution in [0.5, 0.6) is 0 Å². The lowest BCUT2D eigenvalue weighted by atomic mass is 9.99. The van der Waals surface area contributed by atoms with Crippen molar-refractivity contribution < 1.29 is 80.2 Å². The Balaban J connectivity index is 5.22. The van der Waals surface area contributed by atoms with Gasteiger partial charge in [-0.25, -0.2) is 9.13 Å². The molecule has 0 aromatic rings. The third-order valence-electron chi connectivity index (χ3n) is 17.6. The van der Waals surface area contributed by atoms with E-state index in [9.17, 15) is 43.2 Å². The maximum absolute atomic E-state index is 13.1. The fourth-order valence-electron chi connectivity index (χ4n) is 11.3. The molecule has 93 heavy (non-hydrogen) atoms. The van der Waals surface area contributed by atoms with Crippen LogP contribution in [0.1, 0.15) is 382 Å². The van der Waals surface area contributed by atoms with Crippen molar-refractivity contribution in [1.82, 2.24) is 0 Å². The number of aliphatic hydroxyl groups excluding tert-OH is 1. The zero-order chi connectivity index (χ0) is 68.6. The number of aliphatic hydroxyl groups is 1. The number of rotatable bonds is 73. The van der Waals surface area contributed by atoms with Gasteiger partial charge in [0.25, 0.3) is 0 Å². The Morgan fingerprint density at radius 3 is 0.817 bits per heavy atom. The van der Waals surface area contributed by atoms with E-state index in [1.807, 2.05) is 0 Å². The molecule has 0 aliphatic heterocycles. The summed E-state index contributed by atoms with van der Waals surface area (Å²) in [6.07, 6.45) is 52.6. The van der Waals surface area contributed by atoms with Gasteiger partial charge in [0.15, 0.2) is 12.2 Å². The van der Waals surface area contributed by atoms with Crippen LogP contribution in [0.4, 0.5) is 0 Å². The van der Waals surface area contributed by atoms with Gasteiger partial charge in [0.2, 0.25) is 0 Å². The lowest BCUT2D eigenvalue weighted by Gasteiger charge is -2.21. The molecule has 0 fully saturated rings. The van der Waals surface area contributed by atoms with Gasteiger partial charge in [0.05, 0.1) is 26.4 Å². The second-order valence-electron chi connectivity index (χ2n) is 27.4. The average molecular weight is 1370 g/mol. The van der Waals surface area contributed by atoms with E-state index in [0.717, 1.165) is 108 Å². The van der Waals surface area contributed by atoms with Gasteiger partial charge in [-0.15, -0.1) is 0 Å². The molecule has 0 aliphatic carbocycles. The SMILES string of the molecule is CCCCCCCCCCCCCCCCC(=O)OC[C@H](COP(=O)(O)OC[C@@H](O)COP(=O)(O)OC[C@@H](COC(=O)CCCCCCCCCC)OC(=O)CCCCCCCCCCCCC(C)C)OC(=O)CCCCCCCCCCCCCCCCC(C)CC. The molecule has 0 heterocycles. The van der Waals surface area contributed by atoms with Crippen LogP contribution in [0, 0.1) is 11.8 Å². The number of phosphoric acid groups is 2. The average Bonchev–Trinajstić information content (AvgIpc) is 2.06. The number of carbonyl (C=O) groups is 4. The largest absolute Gasteiger partial charge is 0.472 e. The van der Waals surface area contributed by atoms with Crippen molar-refractivity contribution in [3.05, 3.63) is 0 Å². The Bertz CT molecular complexity index is 1810. The molecule has 0 aromatic heterocycles. The molecule has 0 rings (SSSR count). The van der Waals surface area contributed by atoms with Crippen molar-refractivity contribution >= 4 is 39.5 Å². The number of ether oxygens (including phenoxy) is 4. The highest BCUT2D eigenvalue weighted by molar-refractivity contribution is 7.47. The van der Waals surface area contributed by atoms with E-state index in [2.05, 4.69) is 41.5 Å². The van der Waals surface area contributed by atoms with Crippen LogP contribution in [0.25, 0.3) is 0 Å². The summed E-state index contributed by atoms with van der Waals surface area (Å²) in [7, 11) is -9.90. The molecule has 0 amide bonds. The van der Waals surface area contributed by atoms with Crippen LogP contribution in [0.15, 0.2) is 0 Å². The van der Waals surface area contributed by atoms with Gasteiger partial charge >= 0.3 is 39.5 Å². The van der Waals surface area contributed by atoms with Gasteiger partial charge in [-0.2, -0.15) is 0 Å². The maximum Gasteiger partial charge on any atom is 0.472 e. The molecule has 6 atom stereocenters. The summed E-state index contributed by atoms with van der Waals surface area (Å²) in [6.45, 7) is 9.60. The highest BCUT2D eigenvalue weighted by atomic mass is 31.2. The van der Waals surface area contributed by atoms with Crippen LogP contribution in [-0.2, 0) is 65.4 Å². The third kappa shape index (κ3) is 67.0.